The summed E-state index contributed by atoms with van der Waals surface area (Å²) in [5.74, 6) is 0.915. The molecule has 1 aromatic heterocycles. The van der Waals surface area contributed by atoms with Gasteiger partial charge in [0.1, 0.15) is 12.4 Å². The molecule has 2 aromatic rings. The first kappa shape index (κ1) is 17.9. The maximum absolute atomic E-state index is 5.98. The van der Waals surface area contributed by atoms with Crippen LogP contribution in [0.4, 0.5) is 0 Å². The van der Waals surface area contributed by atoms with Gasteiger partial charge in [0.05, 0.1) is 12.7 Å². The predicted octanol–water partition coefficient (Wildman–Crippen LogP) is 2.47. The third-order valence-corrected chi connectivity index (χ3v) is 4.45. The van der Waals surface area contributed by atoms with E-state index in [1.54, 1.807) is 6.20 Å². The van der Waals surface area contributed by atoms with Gasteiger partial charge in [0.15, 0.2) is 0 Å². The molecule has 1 aromatic carbocycles. The Balaban J connectivity index is 1.49. The first-order chi connectivity index (χ1) is 12.3. The number of hydrogen-bond acceptors (Lipinski definition) is 5. The lowest BCUT2D eigenvalue weighted by Crippen LogP contribution is -2.46. The van der Waals surface area contributed by atoms with Crippen molar-refractivity contribution < 1.29 is 9.47 Å². The van der Waals surface area contributed by atoms with Crippen LogP contribution < -0.4 is 10.1 Å². The number of likely N-dealkylation sites (N-methyl/N-ethyl adjacent to an activating group) is 1. The molecule has 0 radical (unpaired) electrons. The Labute approximate surface area is 150 Å². The van der Waals surface area contributed by atoms with Crippen LogP contribution in [0.1, 0.15) is 18.1 Å². The van der Waals surface area contributed by atoms with E-state index in [0.717, 1.165) is 56.2 Å². The van der Waals surface area contributed by atoms with Crippen molar-refractivity contribution in [2.24, 2.45) is 0 Å². The number of benzene rings is 1. The second kappa shape index (κ2) is 9.51. The summed E-state index contributed by atoms with van der Waals surface area (Å²) in [5, 5.41) is 3.51. The van der Waals surface area contributed by atoms with Crippen LogP contribution in [0.5, 0.6) is 5.75 Å². The average Bonchev–Trinajstić information content (AvgIpc) is 2.68. The zero-order valence-electron chi connectivity index (χ0n) is 14.9. The van der Waals surface area contributed by atoms with Gasteiger partial charge >= 0.3 is 0 Å². The summed E-state index contributed by atoms with van der Waals surface area (Å²) in [6.45, 7) is 8.31. The van der Waals surface area contributed by atoms with Crippen LogP contribution in [0.3, 0.4) is 0 Å². The monoisotopic (exact) mass is 341 g/mol. The van der Waals surface area contributed by atoms with E-state index in [4.69, 9.17) is 9.47 Å². The van der Waals surface area contributed by atoms with Crippen molar-refractivity contribution in [1.29, 1.82) is 0 Å². The maximum atomic E-state index is 5.98. The Hall–Kier alpha value is -1.95. The Bertz CT molecular complexity index is 636. The summed E-state index contributed by atoms with van der Waals surface area (Å²) < 4.78 is 11.8. The fourth-order valence-electron chi connectivity index (χ4n) is 2.99. The predicted molar refractivity (Wildman–Crippen MR) is 98.6 cm³/mol. The van der Waals surface area contributed by atoms with Gasteiger partial charge in [-0.05, 0) is 18.7 Å². The van der Waals surface area contributed by atoms with Crippen molar-refractivity contribution in [2.75, 3.05) is 32.8 Å². The summed E-state index contributed by atoms with van der Waals surface area (Å²) in [4.78, 5) is 6.55. The van der Waals surface area contributed by atoms with Gasteiger partial charge in [-0.25, -0.2) is 0 Å². The number of hydrogen-bond donors (Lipinski definition) is 1. The van der Waals surface area contributed by atoms with Crippen molar-refractivity contribution in [1.82, 2.24) is 15.2 Å². The molecule has 5 nitrogen and oxygen atoms in total. The molecule has 5 heteroatoms. The summed E-state index contributed by atoms with van der Waals surface area (Å²) in [5.41, 5.74) is 2.23. The fraction of sp³-hybridized carbons (Fsp3) is 0.450. The van der Waals surface area contributed by atoms with Crippen molar-refractivity contribution in [3.05, 3.63) is 59.9 Å². The molecule has 0 bridgehead atoms. The first-order valence-corrected chi connectivity index (χ1v) is 8.99. The van der Waals surface area contributed by atoms with E-state index in [2.05, 4.69) is 28.2 Å². The minimum absolute atomic E-state index is 0.261. The molecule has 0 spiro atoms. The van der Waals surface area contributed by atoms with Gasteiger partial charge in [-0.2, -0.15) is 0 Å². The molecule has 1 atom stereocenters. The smallest absolute Gasteiger partial charge is 0.124 e. The van der Waals surface area contributed by atoms with E-state index in [-0.39, 0.29) is 6.10 Å². The molecule has 2 heterocycles. The lowest BCUT2D eigenvalue weighted by Gasteiger charge is -2.32. The standard InChI is InChI=1S/C20H27N3O2/c1-2-23-10-11-24-19(15-23)14-22-13-18-7-3-4-8-20(18)25-16-17-6-5-9-21-12-17/h3-9,12,19,22H,2,10-11,13-16H2,1H3/t19-/m0/s1. The van der Waals surface area contributed by atoms with E-state index < -0.39 is 0 Å². The number of nitrogens with zero attached hydrogens (tertiary/aromatic N) is 2. The number of aromatic nitrogens is 1. The van der Waals surface area contributed by atoms with Gasteiger partial charge in [0.2, 0.25) is 0 Å². The SMILES string of the molecule is CCN1CCO[C@@H](CNCc2ccccc2OCc2cccnc2)C1. The van der Waals surface area contributed by atoms with Crippen LogP contribution in [0.2, 0.25) is 0 Å². The van der Waals surface area contributed by atoms with Crippen LogP contribution in [0.15, 0.2) is 48.8 Å². The lowest BCUT2D eigenvalue weighted by molar-refractivity contribution is -0.0253. The second-order valence-electron chi connectivity index (χ2n) is 6.27. The summed E-state index contributed by atoms with van der Waals surface area (Å²) in [7, 11) is 0. The zero-order chi connectivity index (χ0) is 17.3. The Morgan fingerprint density at radius 2 is 2.20 bits per heavy atom. The number of para-hydroxylation sites is 1. The highest BCUT2D eigenvalue weighted by molar-refractivity contribution is 5.33. The maximum Gasteiger partial charge on any atom is 0.124 e. The number of rotatable bonds is 8. The quantitative estimate of drug-likeness (QED) is 0.799. The van der Waals surface area contributed by atoms with Gasteiger partial charge in [0.25, 0.3) is 0 Å². The molecule has 1 N–H and O–H groups in total. The molecule has 3 rings (SSSR count). The zero-order valence-corrected chi connectivity index (χ0v) is 14.9. The van der Waals surface area contributed by atoms with Gasteiger partial charge in [-0.3, -0.25) is 9.88 Å². The molecule has 0 saturated carbocycles. The summed E-state index contributed by atoms with van der Waals surface area (Å²) in [6.07, 6.45) is 3.87. The second-order valence-corrected chi connectivity index (χ2v) is 6.27. The van der Waals surface area contributed by atoms with E-state index in [9.17, 15) is 0 Å². The third-order valence-electron chi connectivity index (χ3n) is 4.45. The van der Waals surface area contributed by atoms with Crippen molar-refractivity contribution in [2.45, 2.75) is 26.2 Å². The third kappa shape index (κ3) is 5.53. The highest BCUT2D eigenvalue weighted by Crippen LogP contribution is 2.19. The Morgan fingerprint density at radius 1 is 1.28 bits per heavy atom. The molecule has 25 heavy (non-hydrogen) atoms. The molecule has 1 aliphatic heterocycles. The number of pyridine rings is 1. The highest BCUT2D eigenvalue weighted by atomic mass is 16.5. The molecule has 1 fully saturated rings. The van der Waals surface area contributed by atoms with Crippen LogP contribution >= 0.6 is 0 Å². The number of nitrogens with one attached hydrogen (secondary N) is 1. The number of morpholine rings is 1. The first-order valence-electron chi connectivity index (χ1n) is 8.99. The molecular weight excluding hydrogens is 314 g/mol. The normalized spacial score (nSPS) is 18.2. The molecule has 1 saturated heterocycles. The molecular formula is C20H27N3O2. The minimum Gasteiger partial charge on any atom is -0.489 e. The largest absolute Gasteiger partial charge is 0.489 e. The van der Waals surface area contributed by atoms with Crippen molar-refractivity contribution in [3.63, 3.8) is 0 Å². The van der Waals surface area contributed by atoms with Crippen LogP contribution in [0, 0.1) is 0 Å². The Kier molecular flexibility index (Phi) is 6.79. The van der Waals surface area contributed by atoms with Gasteiger partial charge in [-0.15, -0.1) is 0 Å². The van der Waals surface area contributed by atoms with Gasteiger partial charge in [-0.1, -0.05) is 31.2 Å². The van der Waals surface area contributed by atoms with Gasteiger partial charge < -0.3 is 14.8 Å². The van der Waals surface area contributed by atoms with Crippen molar-refractivity contribution >= 4 is 0 Å². The van der Waals surface area contributed by atoms with Crippen LogP contribution in [-0.2, 0) is 17.9 Å². The molecule has 1 aliphatic rings. The van der Waals surface area contributed by atoms with Crippen molar-refractivity contribution in [3.8, 4) is 5.75 Å². The summed E-state index contributed by atoms with van der Waals surface area (Å²) in [6, 6.07) is 12.1. The number of ether oxygens (including phenoxy) is 2. The Morgan fingerprint density at radius 3 is 3.04 bits per heavy atom. The highest BCUT2D eigenvalue weighted by Gasteiger charge is 2.18. The van der Waals surface area contributed by atoms with E-state index in [1.807, 2.05) is 36.5 Å². The topological polar surface area (TPSA) is 46.6 Å². The molecule has 0 aliphatic carbocycles. The lowest BCUT2D eigenvalue weighted by atomic mass is 10.2. The fourth-order valence-corrected chi connectivity index (χ4v) is 2.99. The van der Waals surface area contributed by atoms with E-state index >= 15 is 0 Å². The van der Waals surface area contributed by atoms with Crippen LogP contribution in [-0.4, -0.2) is 48.8 Å². The van der Waals surface area contributed by atoms with E-state index in [1.165, 1.54) is 0 Å². The van der Waals surface area contributed by atoms with E-state index in [0.29, 0.717) is 6.61 Å². The molecule has 0 amide bonds. The average molecular weight is 341 g/mol. The molecule has 0 unspecified atom stereocenters. The van der Waals surface area contributed by atoms with Crippen LogP contribution in [0.25, 0.3) is 0 Å². The molecule has 134 valence electrons. The van der Waals surface area contributed by atoms with Gasteiger partial charge in [0, 0.05) is 49.7 Å². The minimum atomic E-state index is 0.261. The summed E-state index contributed by atoms with van der Waals surface area (Å²) >= 11 is 0.